The fourth-order valence-corrected chi connectivity index (χ4v) is 3.72. The van der Waals surface area contributed by atoms with Crippen LogP contribution in [0.2, 0.25) is 0 Å². The number of nitrogens with zero attached hydrogens (tertiary/aromatic N) is 4. The van der Waals surface area contributed by atoms with E-state index in [1.165, 1.54) is 0 Å². The topological polar surface area (TPSA) is 79.7 Å². The predicted molar refractivity (Wildman–Crippen MR) is 104 cm³/mol. The van der Waals surface area contributed by atoms with Crippen LogP contribution in [0.3, 0.4) is 0 Å². The summed E-state index contributed by atoms with van der Waals surface area (Å²) in [6.07, 6.45) is 6.93. The van der Waals surface area contributed by atoms with Crippen molar-refractivity contribution in [3.8, 4) is 0 Å². The molecule has 1 N–H and O–H groups in total. The number of ether oxygens (including phenoxy) is 1. The number of aromatic nitrogens is 2. The maximum absolute atomic E-state index is 12.9. The average Bonchev–Trinajstić information content (AvgIpc) is 3.28. The Balaban J connectivity index is 0.00000131. The molecule has 3 heterocycles. The first kappa shape index (κ1) is 21.8. The van der Waals surface area contributed by atoms with Crippen LogP contribution in [0.1, 0.15) is 31.5 Å². The van der Waals surface area contributed by atoms with Gasteiger partial charge >= 0.3 is 6.09 Å². The predicted octanol–water partition coefficient (Wildman–Crippen LogP) is 1.33. The van der Waals surface area contributed by atoms with Gasteiger partial charge in [0.2, 0.25) is 5.91 Å². The highest BCUT2D eigenvalue weighted by atomic mass is 35.5. The van der Waals surface area contributed by atoms with Crippen molar-refractivity contribution in [3.63, 3.8) is 0 Å². The van der Waals surface area contributed by atoms with Gasteiger partial charge in [-0.05, 0) is 25.9 Å². The molecule has 0 aromatic carbocycles. The molecule has 1 aliphatic carbocycles. The molecule has 27 heavy (non-hydrogen) atoms. The van der Waals surface area contributed by atoms with Crippen LogP contribution in [0.15, 0.2) is 12.4 Å². The van der Waals surface area contributed by atoms with E-state index in [4.69, 9.17) is 4.74 Å². The molecule has 2 amide bonds. The van der Waals surface area contributed by atoms with Crippen molar-refractivity contribution in [2.24, 2.45) is 7.05 Å². The zero-order chi connectivity index (χ0) is 17.4. The molecule has 2 saturated heterocycles. The second kappa shape index (κ2) is 8.67. The number of hydrogen-bond donors (Lipinski definition) is 1. The molecule has 0 unspecified atom stereocenters. The van der Waals surface area contributed by atoms with Gasteiger partial charge in [-0.15, -0.1) is 24.8 Å². The average molecular weight is 420 g/mol. The molecule has 1 aromatic heterocycles. The molecule has 1 saturated carbocycles. The minimum atomic E-state index is -0.410. The van der Waals surface area contributed by atoms with Crippen LogP contribution in [-0.4, -0.2) is 69.2 Å². The van der Waals surface area contributed by atoms with Gasteiger partial charge in [-0.1, -0.05) is 0 Å². The molecule has 3 aliphatic rings. The largest absolute Gasteiger partial charge is 0.441 e. The summed E-state index contributed by atoms with van der Waals surface area (Å²) >= 11 is 0. The van der Waals surface area contributed by atoms with Gasteiger partial charge in [-0.25, -0.2) is 9.78 Å². The summed E-state index contributed by atoms with van der Waals surface area (Å²) in [5.41, 5.74) is -0.410. The first-order chi connectivity index (χ1) is 12.1. The molecule has 10 heteroatoms. The minimum Gasteiger partial charge on any atom is -0.441 e. The summed E-state index contributed by atoms with van der Waals surface area (Å²) in [6, 6.07) is 0.274. The van der Waals surface area contributed by atoms with Gasteiger partial charge in [-0.3, -0.25) is 9.69 Å². The first-order valence-corrected chi connectivity index (χ1v) is 9.01. The fourth-order valence-electron chi connectivity index (χ4n) is 3.72. The van der Waals surface area contributed by atoms with Crippen molar-refractivity contribution < 1.29 is 14.3 Å². The molecule has 152 valence electrons. The standard InChI is InChI=1S/C17H25N5O3.2ClH/c1-20-9-8-19-14(20)10-22(13-2-3-13)15(23)11-21-12-17(25-16(21)24)4-6-18-7-5-17;;/h8-9,13,18H,2-7,10-12H2,1H3;2*1H. The molecular weight excluding hydrogens is 393 g/mol. The van der Waals surface area contributed by atoms with E-state index in [2.05, 4.69) is 10.3 Å². The first-order valence-electron chi connectivity index (χ1n) is 9.01. The summed E-state index contributed by atoms with van der Waals surface area (Å²) in [7, 11) is 1.93. The second-order valence-electron chi connectivity index (χ2n) is 7.36. The molecule has 1 spiro atoms. The molecule has 8 nitrogen and oxygen atoms in total. The highest BCUT2D eigenvalue weighted by Gasteiger charge is 2.47. The second-order valence-corrected chi connectivity index (χ2v) is 7.36. The van der Waals surface area contributed by atoms with Crippen molar-refractivity contribution in [1.82, 2.24) is 24.7 Å². The van der Waals surface area contributed by atoms with Crippen LogP contribution in [0, 0.1) is 0 Å². The Morgan fingerprint density at radius 2 is 2.07 bits per heavy atom. The van der Waals surface area contributed by atoms with E-state index in [-0.39, 0.29) is 49.4 Å². The summed E-state index contributed by atoms with van der Waals surface area (Å²) in [5.74, 6) is 0.840. The third-order valence-corrected chi connectivity index (χ3v) is 5.42. The lowest BCUT2D eigenvalue weighted by Gasteiger charge is -2.31. The maximum atomic E-state index is 12.9. The molecule has 3 fully saturated rings. The molecule has 0 bridgehead atoms. The van der Waals surface area contributed by atoms with Crippen LogP contribution in [0.4, 0.5) is 4.79 Å². The SMILES string of the molecule is Cl.Cl.Cn1ccnc1CN(C(=O)CN1CC2(CCNCC2)OC1=O)C1CC1. The number of halogens is 2. The van der Waals surface area contributed by atoms with Crippen molar-refractivity contribution in [3.05, 3.63) is 18.2 Å². The summed E-state index contributed by atoms with van der Waals surface area (Å²) in [6.45, 7) is 2.80. The van der Waals surface area contributed by atoms with Gasteiger partial charge in [0.15, 0.2) is 0 Å². The fraction of sp³-hybridized carbons (Fsp3) is 0.706. The lowest BCUT2D eigenvalue weighted by molar-refractivity contribution is -0.133. The molecular formula is C17H27Cl2N5O3. The molecule has 0 radical (unpaired) electrons. The van der Waals surface area contributed by atoms with Crippen LogP contribution >= 0.6 is 24.8 Å². The van der Waals surface area contributed by atoms with Gasteiger partial charge in [-0.2, -0.15) is 0 Å². The Kier molecular flexibility index (Phi) is 6.99. The Bertz CT molecular complexity index is 673. The van der Waals surface area contributed by atoms with E-state index in [1.54, 1.807) is 11.1 Å². The highest BCUT2D eigenvalue weighted by molar-refractivity contribution is 5.85. The van der Waals surface area contributed by atoms with Crippen molar-refractivity contribution in [2.45, 2.75) is 43.9 Å². The maximum Gasteiger partial charge on any atom is 0.410 e. The summed E-state index contributed by atoms with van der Waals surface area (Å²) < 4.78 is 7.57. The van der Waals surface area contributed by atoms with E-state index in [0.717, 1.165) is 44.6 Å². The Hall–Kier alpha value is -1.51. The minimum absolute atomic E-state index is 0. The van der Waals surface area contributed by atoms with Gasteiger partial charge in [0.05, 0.1) is 13.1 Å². The number of rotatable bonds is 5. The van der Waals surface area contributed by atoms with Crippen LogP contribution in [0.5, 0.6) is 0 Å². The molecule has 4 rings (SSSR count). The van der Waals surface area contributed by atoms with Crippen LogP contribution in [-0.2, 0) is 23.1 Å². The highest BCUT2D eigenvalue weighted by Crippen LogP contribution is 2.32. The zero-order valence-corrected chi connectivity index (χ0v) is 17.1. The van der Waals surface area contributed by atoms with Crippen LogP contribution in [0.25, 0.3) is 0 Å². The van der Waals surface area contributed by atoms with E-state index in [0.29, 0.717) is 13.1 Å². The monoisotopic (exact) mass is 419 g/mol. The number of amides is 2. The number of imidazole rings is 1. The summed E-state index contributed by atoms with van der Waals surface area (Å²) in [4.78, 5) is 32.9. The van der Waals surface area contributed by atoms with E-state index < -0.39 is 5.60 Å². The van der Waals surface area contributed by atoms with Crippen LogP contribution < -0.4 is 5.32 Å². The lowest BCUT2D eigenvalue weighted by Crippen LogP contribution is -2.46. The smallest absolute Gasteiger partial charge is 0.410 e. The summed E-state index contributed by atoms with van der Waals surface area (Å²) in [5, 5.41) is 3.28. The van der Waals surface area contributed by atoms with Crippen molar-refractivity contribution in [1.29, 1.82) is 0 Å². The number of piperidine rings is 1. The molecule has 1 aromatic rings. The quantitative estimate of drug-likeness (QED) is 0.778. The van der Waals surface area contributed by atoms with Crippen molar-refractivity contribution >= 4 is 36.8 Å². The number of carbonyl (C=O) groups is 2. The third kappa shape index (κ3) is 4.67. The van der Waals surface area contributed by atoms with Gasteiger partial charge in [0.25, 0.3) is 0 Å². The van der Waals surface area contributed by atoms with E-state index in [9.17, 15) is 9.59 Å². The number of aryl methyl sites for hydroxylation is 1. The van der Waals surface area contributed by atoms with Gasteiger partial charge in [0, 0.05) is 38.3 Å². The molecule has 0 atom stereocenters. The number of hydrogen-bond acceptors (Lipinski definition) is 5. The normalized spacial score (nSPS) is 20.6. The Labute approximate surface area is 171 Å². The van der Waals surface area contributed by atoms with Crippen molar-refractivity contribution in [2.75, 3.05) is 26.2 Å². The van der Waals surface area contributed by atoms with Gasteiger partial charge < -0.3 is 19.5 Å². The van der Waals surface area contributed by atoms with E-state index in [1.807, 2.05) is 22.7 Å². The van der Waals surface area contributed by atoms with E-state index >= 15 is 0 Å². The van der Waals surface area contributed by atoms with Gasteiger partial charge in [0.1, 0.15) is 18.0 Å². The Morgan fingerprint density at radius 3 is 2.67 bits per heavy atom. The number of nitrogens with one attached hydrogen (secondary N) is 1. The zero-order valence-electron chi connectivity index (χ0n) is 15.4. The third-order valence-electron chi connectivity index (χ3n) is 5.42. The molecule has 2 aliphatic heterocycles. The number of carbonyl (C=O) groups excluding carboxylic acids is 2. The Morgan fingerprint density at radius 1 is 1.37 bits per heavy atom. The lowest BCUT2D eigenvalue weighted by atomic mass is 9.92.